The van der Waals surface area contributed by atoms with Crippen LogP contribution in [0.3, 0.4) is 0 Å². The van der Waals surface area contributed by atoms with Gasteiger partial charge >= 0.3 is 0 Å². The zero-order chi connectivity index (χ0) is 21.6. The molecule has 4 rings (SSSR count). The third-order valence-corrected chi connectivity index (χ3v) is 7.80. The molecule has 0 bridgehead atoms. The minimum Gasteiger partial charge on any atom is -0.356 e. The molecule has 4 heterocycles. The molecule has 2 aromatic heterocycles. The second-order valence-corrected chi connectivity index (χ2v) is 10.1. The molecule has 6 nitrogen and oxygen atoms in total. The highest BCUT2D eigenvalue weighted by molar-refractivity contribution is 7.12. The van der Waals surface area contributed by atoms with Crippen molar-refractivity contribution in [2.45, 2.75) is 45.1 Å². The first-order chi connectivity index (χ1) is 15.2. The maximum Gasteiger partial charge on any atom is 0.257 e. The third kappa shape index (κ3) is 5.42. The summed E-state index contributed by atoms with van der Waals surface area (Å²) < 4.78 is 0. The molecule has 0 aliphatic carbocycles. The first-order valence-electron chi connectivity index (χ1n) is 11.1. The van der Waals surface area contributed by atoms with Gasteiger partial charge in [-0.2, -0.15) is 5.10 Å². The first kappa shape index (κ1) is 22.2. The highest BCUT2D eigenvalue weighted by atomic mass is 32.1. The number of amides is 2. The molecule has 31 heavy (non-hydrogen) atoms. The van der Waals surface area contributed by atoms with Gasteiger partial charge in [-0.05, 0) is 48.7 Å². The summed E-state index contributed by atoms with van der Waals surface area (Å²) in [6, 6.07) is 8.16. The van der Waals surface area contributed by atoms with Crippen molar-refractivity contribution >= 4 is 40.2 Å². The van der Waals surface area contributed by atoms with Gasteiger partial charge in [-0.3, -0.25) is 14.5 Å². The quantitative estimate of drug-likeness (QED) is 0.606. The Balaban J connectivity index is 1.41. The van der Waals surface area contributed by atoms with Crippen molar-refractivity contribution in [3.63, 3.8) is 0 Å². The Hall–Kier alpha value is -2.03. The van der Waals surface area contributed by atoms with Crippen LogP contribution in [-0.2, 0) is 9.59 Å². The van der Waals surface area contributed by atoms with E-state index >= 15 is 0 Å². The van der Waals surface area contributed by atoms with Crippen molar-refractivity contribution < 1.29 is 9.59 Å². The molecule has 2 aromatic rings. The molecule has 2 unspecified atom stereocenters. The molecule has 0 spiro atoms. The second kappa shape index (κ2) is 10.5. The van der Waals surface area contributed by atoms with E-state index in [0.29, 0.717) is 13.1 Å². The zero-order valence-corrected chi connectivity index (χ0v) is 19.6. The standard InChI is InChI=1S/C23H30N4O2S2/c1-2-3-10-24-23(29)17-7-4-11-26(15-17)16-22(28)27-19(21-9-6-13-31-21)14-18(25-27)20-8-5-12-30-20/h5-6,8-9,12-13,17,19H,2-4,7,10-11,14-16H2,1H3,(H,24,29). The lowest BCUT2D eigenvalue weighted by Crippen LogP contribution is -2.46. The van der Waals surface area contributed by atoms with Gasteiger partial charge in [0.05, 0.1) is 29.1 Å². The highest BCUT2D eigenvalue weighted by Gasteiger charge is 2.35. The number of thiophene rings is 2. The van der Waals surface area contributed by atoms with Gasteiger partial charge in [0.1, 0.15) is 0 Å². The number of nitrogens with zero attached hydrogens (tertiary/aromatic N) is 3. The molecule has 1 saturated heterocycles. The number of hydrogen-bond acceptors (Lipinski definition) is 6. The smallest absolute Gasteiger partial charge is 0.257 e. The van der Waals surface area contributed by atoms with Crippen molar-refractivity contribution in [3.05, 3.63) is 44.8 Å². The monoisotopic (exact) mass is 458 g/mol. The molecule has 0 aromatic carbocycles. The van der Waals surface area contributed by atoms with Gasteiger partial charge in [-0.15, -0.1) is 22.7 Å². The summed E-state index contributed by atoms with van der Waals surface area (Å²) in [6.07, 6.45) is 4.66. The molecule has 2 amide bonds. The Kier molecular flexibility index (Phi) is 7.53. The number of carbonyl (C=O) groups is 2. The van der Waals surface area contributed by atoms with Gasteiger partial charge in [0, 0.05) is 24.4 Å². The average Bonchev–Trinajstić information content (AvgIpc) is 3.55. The number of hydrazone groups is 1. The summed E-state index contributed by atoms with van der Waals surface area (Å²) >= 11 is 3.33. The Morgan fingerprint density at radius 3 is 2.81 bits per heavy atom. The van der Waals surface area contributed by atoms with Gasteiger partial charge in [0.25, 0.3) is 5.91 Å². The summed E-state index contributed by atoms with van der Waals surface area (Å²) in [5, 5.41) is 13.6. The van der Waals surface area contributed by atoms with Crippen LogP contribution in [0.2, 0.25) is 0 Å². The molecular weight excluding hydrogens is 428 g/mol. The Morgan fingerprint density at radius 1 is 1.23 bits per heavy atom. The Bertz CT molecular complexity index is 895. The molecular formula is C23H30N4O2S2. The number of nitrogens with one attached hydrogen (secondary N) is 1. The van der Waals surface area contributed by atoms with Crippen molar-refractivity contribution in [1.82, 2.24) is 15.2 Å². The number of unbranched alkanes of at least 4 members (excludes halogenated alkanes) is 1. The molecule has 8 heteroatoms. The molecule has 1 fully saturated rings. The average molecular weight is 459 g/mol. The van der Waals surface area contributed by atoms with E-state index < -0.39 is 0 Å². The van der Waals surface area contributed by atoms with E-state index in [4.69, 9.17) is 5.10 Å². The molecule has 2 atom stereocenters. The van der Waals surface area contributed by atoms with Crippen molar-refractivity contribution in [2.24, 2.45) is 11.0 Å². The van der Waals surface area contributed by atoms with Gasteiger partial charge in [0.2, 0.25) is 5.91 Å². The summed E-state index contributed by atoms with van der Waals surface area (Å²) in [4.78, 5) is 30.2. The van der Waals surface area contributed by atoms with E-state index in [9.17, 15) is 9.59 Å². The largest absolute Gasteiger partial charge is 0.356 e. The topological polar surface area (TPSA) is 65.0 Å². The van der Waals surface area contributed by atoms with Crippen LogP contribution in [0.4, 0.5) is 0 Å². The van der Waals surface area contributed by atoms with Crippen LogP contribution < -0.4 is 5.32 Å². The van der Waals surface area contributed by atoms with Crippen molar-refractivity contribution in [1.29, 1.82) is 0 Å². The fraction of sp³-hybridized carbons (Fsp3) is 0.522. The molecule has 0 radical (unpaired) electrons. The van der Waals surface area contributed by atoms with Crippen LogP contribution in [-0.4, -0.2) is 53.6 Å². The molecule has 166 valence electrons. The van der Waals surface area contributed by atoms with E-state index in [1.807, 2.05) is 22.9 Å². The first-order valence-corrected chi connectivity index (χ1v) is 12.9. The highest BCUT2D eigenvalue weighted by Crippen LogP contribution is 2.36. The normalized spacial score (nSPS) is 21.8. The van der Waals surface area contributed by atoms with E-state index in [1.165, 1.54) is 0 Å². The summed E-state index contributed by atoms with van der Waals surface area (Å²) in [6.45, 7) is 4.66. The van der Waals surface area contributed by atoms with E-state index in [-0.39, 0.29) is 23.8 Å². The van der Waals surface area contributed by atoms with E-state index in [0.717, 1.165) is 60.7 Å². The zero-order valence-electron chi connectivity index (χ0n) is 18.0. The van der Waals surface area contributed by atoms with E-state index in [1.54, 1.807) is 27.7 Å². The second-order valence-electron chi connectivity index (χ2n) is 8.22. The summed E-state index contributed by atoms with van der Waals surface area (Å²) in [5.74, 6) is 0.105. The van der Waals surface area contributed by atoms with Gasteiger partial charge in [-0.1, -0.05) is 25.5 Å². The number of carbonyl (C=O) groups excluding carboxylic acids is 2. The predicted octanol–water partition coefficient (Wildman–Crippen LogP) is 4.12. The molecule has 1 N–H and O–H groups in total. The SMILES string of the molecule is CCCCNC(=O)C1CCCN(CC(=O)N2N=C(c3cccs3)CC2c2cccs2)C1. The van der Waals surface area contributed by atoms with Gasteiger partial charge in [-0.25, -0.2) is 5.01 Å². The minimum absolute atomic E-state index is 0.0111. The van der Waals surface area contributed by atoms with E-state index in [2.05, 4.69) is 29.3 Å². The summed E-state index contributed by atoms with van der Waals surface area (Å²) in [5.41, 5.74) is 0.980. The molecule has 0 saturated carbocycles. The van der Waals surface area contributed by atoms with Crippen LogP contribution in [0.1, 0.15) is 54.8 Å². The number of piperidine rings is 1. The minimum atomic E-state index is -0.0393. The van der Waals surface area contributed by atoms with Crippen LogP contribution in [0.15, 0.2) is 40.1 Å². The van der Waals surface area contributed by atoms with Crippen LogP contribution >= 0.6 is 22.7 Å². The summed E-state index contributed by atoms with van der Waals surface area (Å²) in [7, 11) is 0. The number of rotatable bonds is 8. The fourth-order valence-electron chi connectivity index (χ4n) is 4.24. The van der Waals surface area contributed by atoms with Gasteiger partial charge in [0.15, 0.2) is 0 Å². The fourth-order valence-corrected chi connectivity index (χ4v) is 5.78. The van der Waals surface area contributed by atoms with Crippen LogP contribution in [0.5, 0.6) is 0 Å². The molecule has 2 aliphatic rings. The van der Waals surface area contributed by atoms with Crippen LogP contribution in [0.25, 0.3) is 0 Å². The molecule has 2 aliphatic heterocycles. The maximum absolute atomic E-state index is 13.3. The maximum atomic E-state index is 13.3. The Morgan fingerprint density at radius 2 is 2.06 bits per heavy atom. The van der Waals surface area contributed by atoms with Crippen molar-refractivity contribution in [3.8, 4) is 0 Å². The van der Waals surface area contributed by atoms with Crippen LogP contribution in [0, 0.1) is 5.92 Å². The number of likely N-dealkylation sites (tertiary alicyclic amines) is 1. The lowest BCUT2D eigenvalue weighted by molar-refractivity contribution is -0.136. The Labute approximate surface area is 191 Å². The predicted molar refractivity (Wildman–Crippen MR) is 126 cm³/mol. The van der Waals surface area contributed by atoms with Gasteiger partial charge < -0.3 is 5.32 Å². The lowest BCUT2D eigenvalue weighted by atomic mass is 9.97. The third-order valence-electron chi connectivity index (χ3n) is 5.91. The van der Waals surface area contributed by atoms with Crippen molar-refractivity contribution in [2.75, 3.05) is 26.2 Å². The number of hydrogen-bond donors (Lipinski definition) is 1. The lowest BCUT2D eigenvalue weighted by Gasteiger charge is -2.32.